The van der Waals surface area contributed by atoms with Gasteiger partial charge < -0.3 is 31.3 Å². The number of carbonyl (C=O) groups excluding carboxylic acids is 6. The Morgan fingerprint density at radius 1 is 0.933 bits per heavy atom. The van der Waals surface area contributed by atoms with Crippen molar-refractivity contribution in [3.8, 4) is 0 Å². The number of rotatable bonds is 14. The minimum atomic E-state index is -1.10. The highest BCUT2D eigenvalue weighted by Crippen LogP contribution is 2.35. The highest BCUT2D eigenvalue weighted by atomic mass is 16.5. The van der Waals surface area contributed by atoms with Gasteiger partial charge in [-0.2, -0.15) is 0 Å². The second-order valence-corrected chi connectivity index (χ2v) is 13.1. The predicted molar refractivity (Wildman–Crippen MR) is 165 cm³/mol. The number of nitrogens with two attached hydrogens (primary N) is 1. The average molecular weight is 626 g/mol. The average Bonchev–Trinajstić information content (AvgIpc) is 3.74. The SMILES string of the molecule is CC(C)C1C[C@@H](C(=O)NC(CC2CC2)C(=O)C(N)=O)N(C(=O)C(NC(=O)NCC(=O)OCc2ccccc2)C2CCCCC2)C1. The van der Waals surface area contributed by atoms with Crippen molar-refractivity contribution >= 4 is 35.5 Å². The van der Waals surface area contributed by atoms with E-state index in [0.29, 0.717) is 19.4 Å². The highest BCUT2D eigenvalue weighted by Gasteiger charge is 2.45. The van der Waals surface area contributed by atoms with E-state index in [1.54, 1.807) is 0 Å². The van der Waals surface area contributed by atoms with Gasteiger partial charge in [-0.1, -0.05) is 76.3 Å². The van der Waals surface area contributed by atoms with Crippen LogP contribution >= 0.6 is 0 Å². The molecular weight excluding hydrogens is 578 g/mol. The summed E-state index contributed by atoms with van der Waals surface area (Å²) in [5, 5.41) is 8.06. The topological polar surface area (TPSA) is 177 Å². The quantitative estimate of drug-likeness (QED) is 0.181. The minimum Gasteiger partial charge on any atom is -0.460 e. The van der Waals surface area contributed by atoms with Gasteiger partial charge in [-0.25, -0.2) is 4.79 Å². The number of hydrogen-bond acceptors (Lipinski definition) is 7. The van der Waals surface area contributed by atoms with Crippen molar-refractivity contribution in [3.63, 3.8) is 0 Å². The van der Waals surface area contributed by atoms with Crippen LogP contribution in [0.2, 0.25) is 0 Å². The van der Waals surface area contributed by atoms with E-state index in [-0.39, 0.29) is 42.7 Å². The molecule has 2 saturated carbocycles. The molecule has 1 aliphatic heterocycles. The van der Waals surface area contributed by atoms with Gasteiger partial charge in [-0.15, -0.1) is 0 Å². The molecule has 2 aliphatic carbocycles. The zero-order valence-electron chi connectivity index (χ0n) is 26.3. The fourth-order valence-electron chi connectivity index (χ4n) is 6.36. The van der Waals surface area contributed by atoms with Crippen molar-refractivity contribution in [3.05, 3.63) is 35.9 Å². The second-order valence-electron chi connectivity index (χ2n) is 13.1. The van der Waals surface area contributed by atoms with Crippen LogP contribution in [0.1, 0.15) is 77.2 Å². The highest BCUT2D eigenvalue weighted by molar-refractivity contribution is 6.37. The van der Waals surface area contributed by atoms with Crippen LogP contribution in [0.5, 0.6) is 0 Å². The molecule has 0 radical (unpaired) electrons. The first-order valence-electron chi connectivity index (χ1n) is 16.2. The number of hydrogen-bond donors (Lipinski definition) is 4. The van der Waals surface area contributed by atoms with E-state index < -0.39 is 47.7 Å². The number of likely N-dealkylation sites (tertiary alicyclic amines) is 1. The van der Waals surface area contributed by atoms with E-state index in [4.69, 9.17) is 10.5 Å². The van der Waals surface area contributed by atoms with Gasteiger partial charge in [-0.3, -0.25) is 24.0 Å². The maximum absolute atomic E-state index is 14.2. The Morgan fingerprint density at radius 3 is 2.24 bits per heavy atom. The van der Waals surface area contributed by atoms with E-state index in [9.17, 15) is 28.8 Å². The molecule has 3 unspecified atom stereocenters. The van der Waals surface area contributed by atoms with Gasteiger partial charge in [0, 0.05) is 6.54 Å². The first-order valence-corrected chi connectivity index (χ1v) is 16.2. The van der Waals surface area contributed by atoms with Gasteiger partial charge in [0.15, 0.2) is 0 Å². The normalized spacial score (nSPS) is 21.4. The molecule has 0 bridgehead atoms. The lowest BCUT2D eigenvalue weighted by molar-refractivity contribution is -0.143. The lowest BCUT2D eigenvalue weighted by Gasteiger charge is -2.35. The van der Waals surface area contributed by atoms with Crippen molar-refractivity contribution in [2.45, 2.75) is 96.4 Å². The molecule has 4 rings (SSSR count). The fraction of sp³-hybridized carbons (Fsp3) is 0.636. The van der Waals surface area contributed by atoms with Crippen LogP contribution in [-0.2, 0) is 35.3 Å². The van der Waals surface area contributed by atoms with Crippen LogP contribution in [0.15, 0.2) is 30.3 Å². The predicted octanol–water partition coefficient (Wildman–Crippen LogP) is 2.19. The number of nitrogens with zero attached hydrogens (tertiary/aromatic N) is 1. The van der Waals surface area contributed by atoms with Gasteiger partial charge in [-0.05, 0) is 54.9 Å². The summed E-state index contributed by atoms with van der Waals surface area (Å²) in [6.07, 6.45) is 6.93. The Labute approximate surface area is 264 Å². The van der Waals surface area contributed by atoms with Gasteiger partial charge in [0.05, 0.1) is 6.04 Å². The molecule has 12 nitrogen and oxygen atoms in total. The van der Waals surface area contributed by atoms with Crippen molar-refractivity contribution in [2.24, 2.45) is 29.4 Å². The molecule has 1 saturated heterocycles. The number of carbonyl (C=O) groups is 6. The van der Waals surface area contributed by atoms with Crippen molar-refractivity contribution in [1.29, 1.82) is 0 Å². The number of ketones is 1. The van der Waals surface area contributed by atoms with Crippen molar-refractivity contribution in [1.82, 2.24) is 20.9 Å². The van der Waals surface area contributed by atoms with Crippen molar-refractivity contribution < 1.29 is 33.5 Å². The third-order valence-electron chi connectivity index (χ3n) is 9.31. The molecule has 3 fully saturated rings. The lowest BCUT2D eigenvalue weighted by atomic mass is 9.83. The number of amides is 5. The first-order chi connectivity index (χ1) is 21.5. The third-order valence-corrected chi connectivity index (χ3v) is 9.31. The summed E-state index contributed by atoms with van der Waals surface area (Å²) in [6.45, 7) is 4.09. The second kappa shape index (κ2) is 15.9. The molecule has 0 aromatic heterocycles. The Hall–Kier alpha value is -3.96. The van der Waals surface area contributed by atoms with Crippen LogP contribution in [0.4, 0.5) is 4.79 Å². The zero-order valence-corrected chi connectivity index (χ0v) is 26.3. The monoisotopic (exact) mass is 625 g/mol. The van der Waals surface area contributed by atoms with E-state index in [1.807, 2.05) is 44.2 Å². The van der Waals surface area contributed by atoms with Gasteiger partial charge in [0.25, 0.3) is 5.91 Å². The van der Waals surface area contributed by atoms with E-state index in [0.717, 1.165) is 50.5 Å². The Morgan fingerprint density at radius 2 is 1.62 bits per heavy atom. The summed E-state index contributed by atoms with van der Waals surface area (Å²) < 4.78 is 5.24. The van der Waals surface area contributed by atoms with Crippen LogP contribution < -0.4 is 21.7 Å². The zero-order chi connectivity index (χ0) is 32.5. The molecule has 1 aromatic carbocycles. The molecule has 12 heteroatoms. The molecule has 45 heavy (non-hydrogen) atoms. The summed E-state index contributed by atoms with van der Waals surface area (Å²) in [5.41, 5.74) is 6.09. The molecule has 246 valence electrons. The Kier molecular flexibility index (Phi) is 12.0. The van der Waals surface area contributed by atoms with Crippen LogP contribution in [0.3, 0.4) is 0 Å². The first kappa shape index (κ1) is 33.9. The number of Topliss-reactive ketones (excluding diaryl/α,β-unsaturated/α-hetero) is 1. The molecule has 4 atom stereocenters. The lowest BCUT2D eigenvalue weighted by Crippen LogP contribution is -2.59. The third kappa shape index (κ3) is 9.76. The standard InChI is InChI=1S/C33H47N5O7/c1-20(2)24-16-26(31(42)36-25(15-21-13-14-21)29(40)30(34)41)38(18-24)32(43)28(23-11-7-4-8-12-23)37-33(44)35-17-27(39)45-19-22-9-5-3-6-10-22/h3,5-6,9-10,20-21,23-26,28H,4,7-8,11-19H2,1-2H3,(H2,34,41)(H,36,42)(H2,35,37,44)/t24?,25?,26-,28?/m0/s1. The van der Waals surface area contributed by atoms with Gasteiger partial charge in [0.1, 0.15) is 25.2 Å². The fourth-order valence-corrected chi connectivity index (χ4v) is 6.36. The van der Waals surface area contributed by atoms with Crippen LogP contribution in [-0.4, -0.2) is 71.6 Å². The van der Waals surface area contributed by atoms with Crippen LogP contribution in [0.25, 0.3) is 0 Å². The van der Waals surface area contributed by atoms with Crippen LogP contribution in [0, 0.1) is 23.7 Å². The number of nitrogens with one attached hydrogen (secondary N) is 3. The van der Waals surface area contributed by atoms with Gasteiger partial charge >= 0.3 is 12.0 Å². The smallest absolute Gasteiger partial charge is 0.325 e. The van der Waals surface area contributed by atoms with E-state index in [2.05, 4.69) is 16.0 Å². The summed E-state index contributed by atoms with van der Waals surface area (Å²) in [5.74, 6) is -3.11. The largest absolute Gasteiger partial charge is 0.460 e. The summed E-state index contributed by atoms with van der Waals surface area (Å²) in [4.78, 5) is 79.0. The molecule has 1 heterocycles. The Balaban J connectivity index is 1.44. The summed E-state index contributed by atoms with van der Waals surface area (Å²) in [7, 11) is 0. The summed E-state index contributed by atoms with van der Waals surface area (Å²) >= 11 is 0. The maximum atomic E-state index is 14.2. The summed E-state index contributed by atoms with van der Waals surface area (Å²) in [6, 6.07) is 5.71. The van der Waals surface area contributed by atoms with E-state index in [1.165, 1.54) is 4.90 Å². The van der Waals surface area contributed by atoms with Crippen molar-refractivity contribution in [2.75, 3.05) is 13.1 Å². The number of primary amides is 1. The minimum absolute atomic E-state index is 0.0265. The molecule has 5 amide bonds. The number of esters is 1. The molecule has 5 N–H and O–H groups in total. The van der Waals surface area contributed by atoms with Gasteiger partial charge in [0.2, 0.25) is 17.6 Å². The number of benzene rings is 1. The molecule has 0 spiro atoms. The molecule has 3 aliphatic rings. The molecule has 1 aromatic rings. The molecular formula is C33H47N5O7. The number of ether oxygens (including phenoxy) is 1. The maximum Gasteiger partial charge on any atom is 0.325 e. The Bertz CT molecular complexity index is 1230. The number of urea groups is 1. The van der Waals surface area contributed by atoms with E-state index >= 15 is 0 Å².